The van der Waals surface area contributed by atoms with E-state index in [1.165, 1.54) is 12.4 Å². The highest BCUT2D eigenvalue weighted by Gasteiger charge is 2.16. The third kappa shape index (κ3) is 5.11. The zero-order chi connectivity index (χ0) is 24.0. The molecule has 0 fully saturated rings. The molecule has 172 valence electrons. The molecule has 35 heavy (non-hydrogen) atoms. The van der Waals surface area contributed by atoms with E-state index < -0.39 is 0 Å². The topological polar surface area (TPSA) is 125 Å². The first kappa shape index (κ1) is 21.7. The Labute approximate surface area is 200 Å². The highest BCUT2D eigenvalue weighted by molar-refractivity contribution is 5.99. The van der Waals surface area contributed by atoms with E-state index >= 15 is 0 Å². The van der Waals surface area contributed by atoms with Crippen molar-refractivity contribution in [3.63, 3.8) is 0 Å². The number of hydrogen-bond acceptors (Lipinski definition) is 8. The van der Waals surface area contributed by atoms with Crippen molar-refractivity contribution < 1.29 is 4.79 Å². The van der Waals surface area contributed by atoms with Gasteiger partial charge in [-0.15, -0.1) is 0 Å². The van der Waals surface area contributed by atoms with Gasteiger partial charge in [-0.25, -0.2) is 9.97 Å². The number of aromatic amines is 1. The van der Waals surface area contributed by atoms with Crippen LogP contribution in [0.2, 0.25) is 0 Å². The van der Waals surface area contributed by atoms with E-state index in [2.05, 4.69) is 47.3 Å². The van der Waals surface area contributed by atoms with Gasteiger partial charge in [0, 0.05) is 28.6 Å². The molecule has 0 saturated heterocycles. The number of aromatic nitrogens is 6. The van der Waals surface area contributed by atoms with Crippen LogP contribution in [0.1, 0.15) is 5.69 Å². The number of pyridine rings is 1. The van der Waals surface area contributed by atoms with Crippen molar-refractivity contribution in [2.45, 2.75) is 6.54 Å². The lowest BCUT2D eigenvalue weighted by atomic mass is 10.2. The molecule has 0 atom stereocenters. The quantitative estimate of drug-likeness (QED) is 0.290. The number of carbonyl (C=O) groups is 1. The number of H-pyrrole nitrogens is 1. The number of rotatable bonds is 8. The van der Waals surface area contributed by atoms with E-state index in [9.17, 15) is 4.79 Å². The summed E-state index contributed by atoms with van der Waals surface area (Å²) in [7, 11) is 0. The third-order valence-corrected chi connectivity index (χ3v) is 5.15. The fraction of sp³-hybridized carbons (Fsp3) is 0.0400. The molecule has 0 aliphatic carbocycles. The minimum absolute atomic E-state index is 0.288. The van der Waals surface area contributed by atoms with Gasteiger partial charge in [-0.2, -0.15) is 10.1 Å². The lowest BCUT2D eigenvalue weighted by Crippen LogP contribution is -2.20. The first-order chi connectivity index (χ1) is 17.2. The number of hydrogen-bond donors (Lipinski definition) is 3. The fourth-order valence-corrected chi connectivity index (χ4v) is 3.50. The molecule has 3 aromatic heterocycles. The monoisotopic (exact) mass is 463 g/mol. The van der Waals surface area contributed by atoms with E-state index in [0.29, 0.717) is 29.8 Å². The van der Waals surface area contributed by atoms with Gasteiger partial charge >= 0.3 is 0 Å². The van der Waals surface area contributed by atoms with E-state index in [1.54, 1.807) is 24.5 Å². The fourth-order valence-electron chi connectivity index (χ4n) is 3.50. The maximum Gasteiger partial charge on any atom is 0.247 e. The van der Waals surface area contributed by atoms with Crippen LogP contribution in [0, 0.1) is 0 Å². The van der Waals surface area contributed by atoms with Crippen molar-refractivity contribution in [1.82, 2.24) is 30.1 Å². The zero-order valence-electron chi connectivity index (χ0n) is 18.6. The van der Waals surface area contributed by atoms with Gasteiger partial charge in [-0.1, -0.05) is 18.7 Å². The molecule has 5 aromatic rings. The summed E-state index contributed by atoms with van der Waals surface area (Å²) in [6, 6.07) is 19.0. The first-order valence-corrected chi connectivity index (χ1v) is 10.8. The van der Waals surface area contributed by atoms with Gasteiger partial charge in [0.05, 0.1) is 24.0 Å². The standard InChI is InChI=1S/C25H21N9O/c1-2-23(35)30-18-7-5-8-19(13-18)31-24-27-16-28-25(32-24)34(15-20-6-3-4-11-26-20)21-9-10-22-17(12-21)14-29-33-22/h2-14,16H,1,15H2,(H,29,33)(H,30,35)(H,27,28,31,32). The molecule has 3 heterocycles. The number of amides is 1. The van der Waals surface area contributed by atoms with Crippen LogP contribution in [0.15, 0.2) is 92.0 Å². The number of benzene rings is 2. The van der Waals surface area contributed by atoms with Crippen molar-refractivity contribution in [3.05, 3.63) is 97.7 Å². The Bertz CT molecular complexity index is 1480. The molecule has 0 radical (unpaired) electrons. The molecule has 1 amide bonds. The van der Waals surface area contributed by atoms with Crippen molar-refractivity contribution in [2.75, 3.05) is 15.5 Å². The van der Waals surface area contributed by atoms with Crippen LogP contribution < -0.4 is 15.5 Å². The second-order valence-electron chi connectivity index (χ2n) is 7.56. The summed E-state index contributed by atoms with van der Waals surface area (Å²) in [4.78, 5) is 31.4. The number of anilines is 5. The molecule has 2 aromatic carbocycles. The Kier molecular flexibility index (Phi) is 6.07. The Hall–Kier alpha value is -5.12. The molecule has 0 aliphatic rings. The van der Waals surface area contributed by atoms with Crippen molar-refractivity contribution in [2.24, 2.45) is 0 Å². The molecule has 0 bridgehead atoms. The van der Waals surface area contributed by atoms with Crippen molar-refractivity contribution in [1.29, 1.82) is 0 Å². The zero-order valence-corrected chi connectivity index (χ0v) is 18.6. The van der Waals surface area contributed by atoms with Crippen LogP contribution in [0.4, 0.5) is 29.0 Å². The minimum Gasteiger partial charge on any atom is -0.324 e. The number of nitrogens with one attached hydrogen (secondary N) is 3. The number of carbonyl (C=O) groups excluding carboxylic acids is 1. The molecule has 5 rings (SSSR count). The van der Waals surface area contributed by atoms with Crippen LogP contribution in [0.5, 0.6) is 0 Å². The van der Waals surface area contributed by atoms with Gasteiger partial charge in [0.15, 0.2) is 0 Å². The van der Waals surface area contributed by atoms with E-state index in [4.69, 9.17) is 0 Å². The van der Waals surface area contributed by atoms with Gasteiger partial charge in [0.2, 0.25) is 17.8 Å². The predicted molar refractivity (Wildman–Crippen MR) is 135 cm³/mol. The third-order valence-electron chi connectivity index (χ3n) is 5.15. The Morgan fingerprint density at radius 1 is 1.03 bits per heavy atom. The molecule has 0 spiro atoms. The summed E-state index contributed by atoms with van der Waals surface area (Å²) in [6.07, 6.45) is 6.20. The van der Waals surface area contributed by atoms with E-state index in [1.807, 2.05) is 53.4 Å². The van der Waals surface area contributed by atoms with Crippen LogP contribution in [0.3, 0.4) is 0 Å². The summed E-state index contributed by atoms with van der Waals surface area (Å²) in [5.74, 6) is 0.522. The molecular formula is C25H21N9O. The maximum atomic E-state index is 11.6. The normalized spacial score (nSPS) is 10.6. The average molecular weight is 464 g/mol. The van der Waals surface area contributed by atoms with E-state index in [-0.39, 0.29) is 5.91 Å². The van der Waals surface area contributed by atoms with Crippen LogP contribution in [-0.2, 0) is 11.3 Å². The second-order valence-corrected chi connectivity index (χ2v) is 7.56. The number of nitrogens with zero attached hydrogens (tertiary/aromatic N) is 6. The molecule has 0 saturated carbocycles. The number of fused-ring (bicyclic) bond motifs is 1. The Morgan fingerprint density at radius 2 is 1.94 bits per heavy atom. The molecule has 10 heteroatoms. The summed E-state index contributed by atoms with van der Waals surface area (Å²) < 4.78 is 0. The largest absolute Gasteiger partial charge is 0.324 e. The van der Waals surface area contributed by atoms with Crippen molar-refractivity contribution >= 4 is 45.8 Å². The van der Waals surface area contributed by atoms with Gasteiger partial charge in [-0.05, 0) is 54.6 Å². The molecule has 0 aliphatic heterocycles. The summed E-state index contributed by atoms with van der Waals surface area (Å²) >= 11 is 0. The summed E-state index contributed by atoms with van der Waals surface area (Å²) in [5.41, 5.74) is 4.02. The predicted octanol–water partition coefficient (Wildman–Crippen LogP) is 4.35. The highest BCUT2D eigenvalue weighted by atomic mass is 16.1. The molecule has 3 N–H and O–H groups in total. The average Bonchev–Trinajstić information content (AvgIpc) is 3.36. The van der Waals surface area contributed by atoms with E-state index in [0.717, 1.165) is 22.3 Å². The van der Waals surface area contributed by atoms with Crippen LogP contribution in [-0.4, -0.2) is 36.0 Å². The minimum atomic E-state index is -0.288. The molecular weight excluding hydrogens is 442 g/mol. The van der Waals surface area contributed by atoms with Gasteiger partial charge in [0.1, 0.15) is 6.33 Å². The van der Waals surface area contributed by atoms with Gasteiger partial charge in [0.25, 0.3) is 0 Å². The van der Waals surface area contributed by atoms with Gasteiger partial charge in [-0.3, -0.25) is 14.9 Å². The summed E-state index contributed by atoms with van der Waals surface area (Å²) in [6.45, 7) is 3.93. The lowest BCUT2D eigenvalue weighted by molar-refractivity contribution is -0.111. The smallest absolute Gasteiger partial charge is 0.247 e. The Balaban J connectivity index is 1.46. The summed E-state index contributed by atoms with van der Waals surface area (Å²) in [5, 5.41) is 14.0. The van der Waals surface area contributed by atoms with Crippen LogP contribution in [0.25, 0.3) is 10.9 Å². The highest BCUT2D eigenvalue weighted by Crippen LogP contribution is 2.28. The van der Waals surface area contributed by atoms with Crippen molar-refractivity contribution in [3.8, 4) is 0 Å². The van der Waals surface area contributed by atoms with Crippen LogP contribution >= 0.6 is 0 Å². The second kappa shape index (κ2) is 9.79. The first-order valence-electron chi connectivity index (χ1n) is 10.8. The lowest BCUT2D eigenvalue weighted by Gasteiger charge is -2.22. The Morgan fingerprint density at radius 3 is 2.80 bits per heavy atom. The SMILES string of the molecule is C=CC(=O)Nc1cccc(Nc2ncnc(N(Cc3ccccn3)c3ccc4[nH]ncc4c3)n2)c1. The molecule has 10 nitrogen and oxygen atoms in total. The molecule has 0 unspecified atom stereocenters. The van der Waals surface area contributed by atoms with Gasteiger partial charge < -0.3 is 15.5 Å². The maximum absolute atomic E-state index is 11.6.